The molecule has 2 rings (SSSR count). The number of carbonyl (C=O) groups excluding carboxylic acids is 1. The summed E-state index contributed by atoms with van der Waals surface area (Å²) in [5.41, 5.74) is 5.99. The van der Waals surface area contributed by atoms with Crippen LogP contribution in [0.15, 0.2) is 0 Å². The van der Waals surface area contributed by atoms with Crippen molar-refractivity contribution in [1.82, 2.24) is 14.7 Å². The van der Waals surface area contributed by atoms with Crippen LogP contribution in [0, 0.1) is 5.92 Å². The molecule has 0 aliphatic carbocycles. The summed E-state index contributed by atoms with van der Waals surface area (Å²) in [6.45, 7) is 14.6. The molecule has 5 heteroatoms. The maximum absolute atomic E-state index is 12.3. The number of likely N-dealkylation sites (tertiary alicyclic amines) is 1. The van der Waals surface area contributed by atoms with Gasteiger partial charge in [-0.15, -0.1) is 0 Å². The fourth-order valence-corrected chi connectivity index (χ4v) is 3.63. The van der Waals surface area contributed by atoms with Gasteiger partial charge >= 0.3 is 0 Å². The van der Waals surface area contributed by atoms with E-state index in [2.05, 4.69) is 23.6 Å². The fraction of sp³-hybridized carbons (Fsp3) is 0.941. The lowest BCUT2D eigenvalue weighted by atomic mass is 10.0. The third-order valence-corrected chi connectivity index (χ3v) is 5.50. The summed E-state index contributed by atoms with van der Waals surface area (Å²) in [7, 11) is 0. The van der Waals surface area contributed by atoms with Crippen LogP contribution in [0.5, 0.6) is 0 Å². The van der Waals surface area contributed by atoms with Crippen molar-refractivity contribution >= 4 is 5.91 Å². The van der Waals surface area contributed by atoms with Crippen molar-refractivity contribution in [3.63, 3.8) is 0 Å². The van der Waals surface area contributed by atoms with Crippen molar-refractivity contribution in [3.05, 3.63) is 0 Å². The highest BCUT2D eigenvalue weighted by Gasteiger charge is 2.29. The van der Waals surface area contributed by atoms with Crippen LogP contribution in [0.1, 0.15) is 40.5 Å². The molecule has 128 valence electrons. The van der Waals surface area contributed by atoms with Crippen LogP contribution in [-0.4, -0.2) is 78.0 Å². The average molecular weight is 310 g/mol. The SMILES string of the molecule is CC(C)[C@H](N)C(=O)N1CCN(CCN2[C@H](C)CC[C@@H]2C)CC1. The van der Waals surface area contributed by atoms with Gasteiger partial charge in [-0.1, -0.05) is 13.8 Å². The number of rotatable bonds is 5. The Bertz CT molecular complexity index is 356. The molecule has 0 saturated carbocycles. The Morgan fingerprint density at radius 3 is 2.09 bits per heavy atom. The topological polar surface area (TPSA) is 52.8 Å². The van der Waals surface area contributed by atoms with Gasteiger partial charge in [0.2, 0.25) is 5.91 Å². The molecule has 2 fully saturated rings. The normalized spacial score (nSPS) is 29.3. The summed E-state index contributed by atoms with van der Waals surface area (Å²) in [6.07, 6.45) is 2.66. The smallest absolute Gasteiger partial charge is 0.239 e. The van der Waals surface area contributed by atoms with Crippen LogP contribution in [0.4, 0.5) is 0 Å². The van der Waals surface area contributed by atoms with Crippen LogP contribution in [0.25, 0.3) is 0 Å². The summed E-state index contributed by atoms with van der Waals surface area (Å²) in [4.78, 5) is 19.3. The lowest BCUT2D eigenvalue weighted by Crippen LogP contribution is -2.55. The summed E-state index contributed by atoms with van der Waals surface area (Å²) >= 11 is 0. The maximum atomic E-state index is 12.3. The van der Waals surface area contributed by atoms with Crippen molar-refractivity contribution in [3.8, 4) is 0 Å². The minimum atomic E-state index is -0.349. The molecule has 0 radical (unpaired) electrons. The summed E-state index contributed by atoms with van der Waals surface area (Å²) in [5, 5.41) is 0. The number of nitrogens with two attached hydrogens (primary N) is 1. The molecule has 0 spiro atoms. The van der Waals surface area contributed by atoms with Crippen LogP contribution < -0.4 is 5.73 Å². The van der Waals surface area contributed by atoms with Gasteiger partial charge in [-0.3, -0.25) is 14.6 Å². The van der Waals surface area contributed by atoms with E-state index in [9.17, 15) is 4.79 Å². The second-order valence-corrected chi connectivity index (χ2v) is 7.45. The van der Waals surface area contributed by atoms with E-state index in [0.29, 0.717) is 0 Å². The molecule has 22 heavy (non-hydrogen) atoms. The Kier molecular flexibility index (Phi) is 6.24. The van der Waals surface area contributed by atoms with Crippen molar-refractivity contribution in [2.24, 2.45) is 11.7 Å². The first-order valence-electron chi connectivity index (χ1n) is 8.92. The molecule has 0 aromatic carbocycles. The first-order valence-corrected chi connectivity index (χ1v) is 8.92. The van der Waals surface area contributed by atoms with Gasteiger partial charge in [0.15, 0.2) is 0 Å². The molecule has 0 bridgehead atoms. The monoisotopic (exact) mass is 310 g/mol. The quantitative estimate of drug-likeness (QED) is 0.823. The Balaban J connectivity index is 1.72. The Morgan fingerprint density at radius 2 is 1.59 bits per heavy atom. The molecule has 0 aromatic rings. The first kappa shape index (κ1) is 17.7. The molecule has 1 amide bonds. The molecular weight excluding hydrogens is 276 g/mol. The molecule has 2 N–H and O–H groups in total. The minimum absolute atomic E-state index is 0.122. The van der Waals surface area contributed by atoms with Crippen LogP contribution in [-0.2, 0) is 4.79 Å². The molecule has 3 atom stereocenters. The molecular formula is C17H34N4O. The van der Waals surface area contributed by atoms with E-state index in [1.807, 2.05) is 18.7 Å². The van der Waals surface area contributed by atoms with E-state index in [4.69, 9.17) is 5.73 Å². The highest BCUT2D eigenvalue weighted by atomic mass is 16.2. The van der Waals surface area contributed by atoms with Gasteiger partial charge < -0.3 is 10.6 Å². The van der Waals surface area contributed by atoms with Crippen molar-refractivity contribution in [2.75, 3.05) is 39.3 Å². The number of carbonyl (C=O) groups is 1. The zero-order chi connectivity index (χ0) is 16.3. The second-order valence-electron chi connectivity index (χ2n) is 7.45. The van der Waals surface area contributed by atoms with Gasteiger partial charge in [-0.2, -0.15) is 0 Å². The first-order chi connectivity index (χ1) is 10.4. The summed E-state index contributed by atoms with van der Waals surface area (Å²) in [6, 6.07) is 1.10. The van der Waals surface area contributed by atoms with E-state index in [1.165, 1.54) is 12.8 Å². The Morgan fingerprint density at radius 1 is 1.05 bits per heavy atom. The number of nitrogens with zero attached hydrogens (tertiary/aromatic N) is 3. The number of piperazine rings is 1. The standard InChI is InChI=1S/C17H34N4O/c1-13(2)16(18)17(22)20-10-7-19(8-11-20)9-12-21-14(3)5-6-15(21)4/h13-16H,5-12,18H2,1-4H3/t14-,15+,16-/m0/s1. The third kappa shape index (κ3) is 4.21. The maximum Gasteiger partial charge on any atom is 0.239 e. The predicted octanol–water partition coefficient (Wildman–Crippen LogP) is 0.987. The van der Waals surface area contributed by atoms with Crippen molar-refractivity contribution in [1.29, 1.82) is 0 Å². The molecule has 0 unspecified atom stereocenters. The van der Waals surface area contributed by atoms with Crippen LogP contribution in [0.3, 0.4) is 0 Å². The predicted molar refractivity (Wildman–Crippen MR) is 90.7 cm³/mol. The lowest BCUT2D eigenvalue weighted by Gasteiger charge is -2.37. The highest BCUT2D eigenvalue weighted by Crippen LogP contribution is 2.22. The molecule has 0 aromatic heterocycles. The van der Waals surface area contributed by atoms with E-state index in [0.717, 1.165) is 51.4 Å². The Labute approximate surface area is 135 Å². The summed E-state index contributed by atoms with van der Waals surface area (Å²) in [5.74, 6) is 0.333. The fourth-order valence-electron chi connectivity index (χ4n) is 3.63. The minimum Gasteiger partial charge on any atom is -0.339 e. The van der Waals surface area contributed by atoms with Crippen molar-refractivity contribution in [2.45, 2.75) is 58.7 Å². The van der Waals surface area contributed by atoms with Gasteiger partial charge in [-0.05, 0) is 32.6 Å². The zero-order valence-electron chi connectivity index (χ0n) is 14.8. The second kappa shape index (κ2) is 7.75. The van der Waals surface area contributed by atoms with Crippen molar-refractivity contribution < 1.29 is 4.79 Å². The van der Waals surface area contributed by atoms with Gasteiger partial charge in [-0.25, -0.2) is 0 Å². The van der Waals surface area contributed by atoms with Crippen LogP contribution >= 0.6 is 0 Å². The average Bonchev–Trinajstić information content (AvgIpc) is 2.83. The van der Waals surface area contributed by atoms with E-state index >= 15 is 0 Å². The largest absolute Gasteiger partial charge is 0.339 e. The van der Waals surface area contributed by atoms with E-state index in [1.54, 1.807) is 0 Å². The number of hydrogen-bond donors (Lipinski definition) is 1. The highest BCUT2D eigenvalue weighted by molar-refractivity contribution is 5.82. The molecule has 2 aliphatic heterocycles. The number of amides is 1. The lowest BCUT2D eigenvalue weighted by molar-refractivity contribution is -0.135. The van der Waals surface area contributed by atoms with E-state index < -0.39 is 0 Å². The van der Waals surface area contributed by atoms with Crippen LogP contribution in [0.2, 0.25) is 0 Å². The number of hydrogen-bond acceptors (Lipinski definition) is 4. The molecule has 2 saturated heterocycles. The zero-order valence-corrected chi connectivity index (χ0v) is 14.8. The van der Waals surface area contributed by atoms with Gasteiger partial charge in [0.1, 0.15) is 0 Å². The molecule has 5 nitrogen and oxygen atoms in total. The molecule has 2 aliphatic rings. The Hall–Kier alpha value is -0.650. The van der Waals surface area contributed by atoms with E-state index in [-0.39, 0.29) is 17.9 Å². The van der Waals surface area contributed by atoms with Gasteiger partial charge in [0.05, 0.1) is 6.04 Å². The summed E-state index contributed by atoms with van der Waals surface area (Å²) < 4.78 is 0. The van der Waals surface area contributed by atoms with Gasteiger partial charge in [0.25, 0.3) is 0 Å². The molecule has 2 heterocycles. The third-order valence-electron chi connectivity index (χ3n) is 5.50. The van der Waals surface area contributed by atoms with Gasteiger partial charge in [0, 0.05) is 51.4 Å².